The molecule has 0 N–H and O–H groups in total. The van der Waals surface area contributed by atoms with E-state index in [1.165, 1.54) is 0 Å². The average Bonchev–Trinajstić information content (AvgIpc) is 3.39. The van der Waals surface area contributed by atoms with Crippen LogP contribution in [0.5, 0.6) is 23.0 Å². The summed E-state index contributed by atoms with van der Waals surface area (Å²) < 4.78 is 22.0. The topological polar surface area (TPSA) is 61.6 Å². The van der Waals surface area contributed by atoms with Crippen molar-refractivity contribution in [3.05, 3.63) is 47.5 Å². The first kappa shape index (κ1) is 18.3. The molecule has 0 atom stereocenters. The minimum Gasteiger partial charge on any atom is -0.454 e. The molecule has 0 fully saturated rings. The lowest BCUT2D eigenvalue weighted by molar-refractivity contribution is 0.173. The number of aliphatic imine (C=N–C) groups is 2. The summed E-state index contributed by atoms with van der Waals surface area (Å²) in [6.45, 7) is 2.69. The van der Waals surface area contributed by atoms with Crippen molar-refractivity contribution in [3.8, 4) is 23.0 Å². The van der Waals surface area contributed by atoms with Gasteiger partial charge < -0.3 is 18.9 Å². The van der Waals surface area contributed by atoms with Crippen LogP contribution in [0.3, 0.4) is 0 Å². The van der Waals surface area contributed by atoms with Crippen molar-refractivity contribution in [1.29, 1.82) is 0 Å². The summed E-state index contributed by atoms with van der Waals surface area (Å²) in [5.74, 6) is 3.00. The number of hydrogen-bond donors (Lipinski definition) is 0. The number of ether oxygens (including phenoxy) is 4. The molecule has 6 heteroatoms. The molecule has 28 heavy (non-hydrogen) atoms. The SMILES string of the molecule is CCCCCC(/N=C\c1cccc2c1OCO2)/N=C\c1cccc2c1OCO2. The molecule has 0 aliphatic carbocycles. The first-order valence-electron chi connectivity index (χ1n) is 9.68. The third-order valence-corrected chi connectivity index (χ3v) is 4.69. The predicted octanol–water partition coefficient (Wildman–Crippen LogP) is 4.59. The van der Waals surface area contributed by atoms with E-state index < -0.39 is 0 Å². The lowest BCUT2D eigenvalue weighted by Crippen LogP contribution is -2.03. The maximum absolute atomic E-state index is 5.56. The highest BCUT2D eigenvalue weighted by molar-refractivity contribution is 5.87. The zero-order valence-corrected chi connectivity index (χ0v) is 16.0. The Morgan fingerprint density at radius 3 is 1.93 bits per heavy atom. The molecule has 4 rings (SSSR count). The first-order valence-corrected chi connectivity index (χ1v) is 9.68. The van der Waals surface area contributed by atoms with E-state index in [2.05, 4.69) is 6.92 Å². The van der Waals surface area contributed by atoms with Gasteiger partial charge >= 0.3 is 0 Å². The average molecular weight is 380 g/mol. The van der Waals surface area contributed by atoms with Crippen molar-refractivity contribution in [2.45, 2.75) is 38.8 Å². The molecule has 0 bridgehead atoms. The number of fused-ring (bicyclic) bond motifs is 2. The fourth-order valence-corrected chi connectivity index (χ4v) is 3.21. The summed E-state index contributed by atoms with van der Waals surface area (Å²) >= 11 is 0. The number of hydrogen-bond acceptors (Lipinski definition) is 6. The molecule has 0 aromatic heterocycles. The normalized spacial score (nSPS) is 14.6. The molecular weight excluding hydrogens is 356 g/mol. The van der Waals surface area contributed by atoms with Gasteiger partial charge in [-0.25, -0.2) is 0 Å². The fraction of sp³-hybridized carbons (Fsp3) is 0.364. The van der Waals surface area contributed by atoms with E-state index in [1.807, 2.05) is 48.8 Å². The van der Waals surface area contributed by atoms with E-state index in [1.54, 1.807) is 0 Å². The van der Waals surface area contributed by atoms with Gasteiger partial charge in [0.05, 0.1) is 0 Å². The van der Waals surface area contributed by atoms with Gasteiger partial charge in [0.15, 0.2) is 23.0 Å². The maximum atomic E-state index is 5.56. The number of unbranched alkanes of at least 4 members (excludes halogenated alkanes) is 2. The number of rotatable bonds is 8. The zero-order valence-electron chi connectivity index (χ0n) is 16.0. The molecule has 0 spiro atoms. The third-order valence-electron chi connectivity index (χ3n) is 4.69. The molecular formula is C22H24N2O4. The molecule has 2 aliphatic rings. The van der Waals surface area contributed by atoms with Gasteiger partial charge in [0.1, 0.15) is 6.17 Å². The van der Waals surface area contributed by atoms with Crippen molar-refractivity contribution < 1.29 is 18.9 Å². The second kappa shape index (κ2) is 8.78. The van der Waals surface area contributed by atoms with Crippen LogP contribution >= 0.6 is 0 Å². The molecule has 0 radical (unpaired) electrons. The van der Waals surface area contributed by atoms with Crippen molar-refractivity contribution in [1.82, 2.24) is 0 Å². The molecule has 146 valence electrons. The quantitative estimate of drug-likeness (QED) is 0.496. The van der Waals surface area contributed by atoms with E-state index in [0.29, 0.717) is 0 Å². The van der Waals surface area contributed by atoms with Gasteiger partial charge in [-0.2, -0.15) is 0 Å². The number of nitrogens with zero attached hydrogens (tertiary/aromatic N) is 2. The number of para-hydroxylation sites is 2. The lowest BCUT2D eigenvalue weighted by atomic mass is 10.1. The molecule has 6 nitrogen and oxygen atoms in total. The van der Waals surface area contributed by atoms with E-state index in [9.17, 15) is 0 Å². The van der Waals surface area contributed by atoms with E-state index in [-0.39, 0.29) is 19.8 Å². The summed E-state index contributed by atoms with van der Waals surface area (Å²) in [6.07, 6.45) is 7.79. The Hall–Kier alpha value is -3.02. The Balaban J connectivity index is 1.52. The van der Waals surface area contributed by atoms with E-state index in [4.69, 9.17) is 28.9 Å². The van der Waals surface area contributed by atoms with Gasteiger partial charge in [0.2, 0.25) is 13.6 Å². The van der Waals surface area contributed by atoms with Crippen molar-refractivity contribution in [3.63, 3.8) is 0 Å². The van der Waals surface area contributed by atoms with Crippen LogP contribution < -0.4 is 18.9 Å². The van der Waals surface area contributed by atoms with Crippen molar-refractivity contribution in [2.75, 3.05) is 13.6 Å². The molecule has 0 unspecified atom stereocenters. The van der Waals surface area contributed by atoms with Crippen LogP contribution in [0, 0.1) is 0 Å². The van der Waals surface area contributed by atoms with Crippen molar-refractivity contribution >= 4 is 12.4 Å². The van der Waals surface area contributed by atoms with Crippen LogP contribution in [0.15, 0.2) is 46.4 Å². The predicted molar refractivity (Wildman–Crippen MR) is 108 cm³/mol. The highest BCUT2D eigenvalue weighted by Crippen LogP contribution is 2.35. The summed E-state index contributed by atoms with van der Waals surface area (Å²) in [6, 6.07) is 11.6. The van der Waals surface area contributed by atoms with Gasteiger partial charge in [0.25, 0.3) is 0 Å². The molecule has 2 heterocycles. The number of benzene rings is 2. The highest BCUT2D eigenvalue weighted by Gasteiger charge is 2.17. The second-order valence-electron chi connectivity index (χ2n) is 6.69. The van der Waals surface area contributed by atoms with Crippen LogP contribution in [0.4, 0.5) is 0 Å². The Morgan fingerprint density at radius 1 is 0.821 bits per heavy atom. The monoisotopic (exact) mass is 380 g/mol. The van der Waals surface area contributed by atoms with E-state index in [0.717, 1.165) is 59.8 Å². The van der Waals surface area contributed by atoms with Gasteiger partial charge in [-0.05, 0) is 37.1 Å². The minimum absolute atomic E-state index is 0.164. The third kappa shape index (κ3) is 4.11. The molecule has 0 saturated heterocycles. The minimum atomic E-state index is -0.164. The summed E-state index contributed by atoms with van der Waals surface area (Å²) in [5, 5.41) is 0. The summed E-state index contributed by atoms with van der Waals surface area (Å²) in [4.78, 5) is 9.44. The fourth-order valence-electron chi connectivity index (χ4n) is 3.21. The largest absolute Gasteiger partial charge is 0.454 e. The highest BCUT2D eigenvalue weighted by atomic mass is 16.7. The smallest absolute Gasteiger partial charge is 0.231 e. The van der Waals surface area contributed by atoms with Gasteiger partial charge in [0, 0.05) is 23.6 Å². The van der Waals surface area contributed by atoms with Gasteiger partial charge in [-0.1, -0.05) is 31.9 Å². The molecule has 0 saturated carbocycles. The van der Waals surface area contributed by atoms with Gasteiger partial charge in [-0.3, -0.25) is 9.98 Å². The van der Waals surface area contributed by atoms with Gasteiger partial charge in [-0.15, -0.1) is 0 Å². The van der Waals surface area contributed by atoms with Crippen LogP contribution in [0.2, 0.25) is 0 Å². The maximum Gasteiger partial charge on any atom is 0.231 e. The second-order valence-corrected chi connectivity index (χ2v) is 6.69. The molecule has 2 aromatic rings. The van der Waals surface area contributed by atoms with Crippen LogP contribution in [0.1, 0.15) is 43.7 Å². The van der Waals surface area contributed by atoms with Crippen LogP contribution in [-0.2, 0) is 0 Å². The molecule has 2 aromatic carbocycles. The lowest BCUT2D eigenvalue weighted by Gasteiger charge is -2.08. The van der Waals surface area contributed by atoms with Crippen LogP contribution in [-0.4, -0.2) is 32.2 Å². The molecule has 2 aliphatic heterocycles. The standard InChI is InChI=1S/C22H24N2O4/c1-2-3-4-11-20(23-12-16-7-5-9-18-21(16)27-14-25-18)24-13-17-8-6-10-19-22(17)28-15-26-19/h5-10,12-13,20H,2-4,11,14-15H2,1H3/b23-12-,24-13-. The summed E-state index contributed by atoms with van der Waals surface area (Å²) in [5.41, 5.74) is 1.81. The Bertz CT molecular complexity index is 811. The van der Waals surface area contributed by atoms with Crippen LogP contribution in [0.25, 0.3) is 0 Å². The Kier molecular flexibility index (Phi) is 5.75. The first-order chi connectivity index (χ1) is 13.8. The zero-order chi connectivity index (χ0) is 19.2. The molecule has 0 amide bonds. The Labute approximate surface area is 164 Å². The van der Waals surface area contributed by atoms with Crippen molar-refractivity contribution in [2.24, 2.45) is 9.98 Å². The van der Waals surface area contributed by atoms with E-state index >= 15 is 0 Å². The Morgan fingerprint density at radius 2 is 1.39 bits per heavy atom. The summed E-state index contributed by atoms with van der Waals surface area (Å²) in [7, 11) is 0.